The molecule has 2 atom stereocenters. The molecule has 1 aliphatic rings. The van der Waals surface area contributed by atoms with Gasteiger partial charge in [0.1, 0.15) is 6.10 Å². The van der Waals surface area contributed by atoms with Crippen molar-refractivity contribution in [2.75, 3.05) is 6.61 Å². The predicted molar refractivity (Wildman–Crippen MR) is 71.8 cm³/mol. The average Bonchev–Trinajstić information content (AvgIpc) is 2.83. The van der Waals surface area contributed by atoms with E-state index in [4.69, 9.17) is 4.74 Å². The lowest BCUT2D eigenvalue weighted by Crippen LogP contribution is -2.25. The van der Waals surface area contributed by atoms with Gasteiger partial charge >= 0.3 is 0 Å². The van der Waals surface area contributed by atoms with E-state index >= 15 is 0 Å². The molecule has 0 spiro atoms. The van der Waals surface area contributed by atoms with E-state index in [1.54, 1.807) is 0 Å². The summed E-state index contributed by atoms with van der Waals surface area (Å²) in [4.78, 5) is 12.5. The summed E-state index contributed by atoms with van der Waals surface area (Å²) in [6.45, 7) is 2.78. The molecule has 0 aromatic heterocycles. The van der Waals surface area contributed by atoms with Crippen LogP contribution in [0.4, 0.5) is 0 Å². The van der Waals surface area contributed by atoms with Gasteiger partial charge in [-0.1, -0.05) is 49.4 Å². The van der Waals surface area contributed by atoms with Crippen LogP contribution >= 0.6 is 0 Å². The van der Waals surface area contributed by atoms with E-state index in [1.807, 2.05) is 42.5 Å². The van der Waals surface area contributed by atoms with Gasteiger partial charge in [-0.2, -0.15) is 0 Å². The second-order valence-corrected chi connectivity index (χ2v) is 4.95. The van der Waals surface area contributed by atoms with E-state index in [9.17, 15) is 4.79 Å². The lowest BCUT2D eigenvalue weighted by atomic mass is 9.93. The highest BCUT2D eigenvalue weighted by Gasteiger charge is 2.32. The first-order valence-electron chi connectivity index (χ1n) is 6.41. The highest BCUT2D eigenvalue weighted by Crippen LogP contribution is 2.27. The molecule has 0 amide bonds. The first-order valence-corrected chi connectivity index (χ1v) is 6.41. The van der Waals surface area contributed by atoms with Crippen LogP contribution in [-0.2, 0) is 4.74 Å². The van der Waals surface area contributed by atoms with Crippen molar-refractivity contribution < 1.29 is 9.53 Å². The number of benzene rings is 2. The minimum atomic E-state index is -0.268. The molecule has 1 aliphatic heterocycles. The Morgan fingerprint density at radius 1 is 1.17 bits per heavy atom. The molecule has 0 radical (unpaired) electrons. The average molecular weight is 240 g/mol. The van der Waals surface area contributed by atoms with E-state index in [-0.39, 0.29) is 11.9 Å². The zero-order chi connectivity index (χ0) is 12.5. The van der Waals surface area contributed by atoms with Gasteiger partial charge in [0.25, 0.3) is 0 Å². The third-order valence-electron chi connectivity index (χ3n) is 3.70. The van der Waals surface area contributed by atoms with Crippen molar-refractivity contribution >= 4 is 16.6 Å². The van der Waals surface area contributed by atoms with Crippen LogP contribution in [0.2, 0.25) is 0 Å². The van der Waals surface area contributed by atoms with Gasteiger partial charge in [-0.25, -0.2) is 0 Å². The van der Waals surface area contributed by atoms with Crippen LogP contribution < -0.4 is 0 Å². The van der Waals surface area contributed by atoms with Crippen LogP contribution in [-0.4, -0.2) is 18.5 Å². The lowest BCUT2D eigenvalue weighted by molar-refractivity contribution is 0.0581. The zero-order valence-electron chi connectivity index (χ0n) is 10.4. The van der Waals surface area contributed by atoms with E-state index in [2.05, 4.69) is 6.92 Å². The van der Waals surface area contributed by atoms with Gasteiger partial charge in [-0.15, -0.1) is 0 Å². The molecule has 18 heavy (non-hydrogen) atoms. The van der Waals surface area contributed by atoms with Crippen molar-refractivity contribution in [2.24, 2.45) is 5.92 Å². The fraction of sp³-hybridized carbons (Fsp3) is 0.312. The Morgan fingerprint density at radius 2 is 1.94 bits per heavy atom. The van der Waals surface area contributed by atoms with Gasteiger partial charge in [0, 0.05) is 12.2 Å². The van der Waals surface area contributed by atoms with E-state index in [0.29, 0.717) is 12.5 Å². The van der Waals surface area contributed by atoms with Crippen molar-refractivity contribution in [3.8, 4) is 0 Å². The van der Waals surface area contributed by atoms with Gasteiger partial charge < -0.3 is 4.74 Å². The second-order valence-electron chi connectivity index (χ2n) is 4.95. The monoisotopic (exact) mass is 240 g/mol. The van der Waals surface area contributed by atoms with Crippen LogP contribution in [0.5, 0.6) is 0 Å². The van der Waals surface area contributed by atoms with Crippen LogP contribution in [0, 0.1) is 5.92 Å². The maximum Gasteiger partial charge on any atom is 0.192 e. The van der Waals surface area contributed by atoms with Gasteiger partial charge in [-0.05, 0) is 23.1 Å². The first kappa shape index (κ1) is 11.4. The quantitative estimate of drug-likeness (QED) is 0.751. The summed E-state index contributed by atoms with van der Waals surface area (Å²) in [6, 6.07) is 13.9. The number of ether oxygens (including phenoxy) is 1. The number of Topliss-reactive ketones (excluding diaryl/α,β-unsaturated/α-hetero) is 1. The minimum absolute atomic E-state index is 0.122. The van der Waals surface area contributed by atoms with Gasteiger partial charge in [-0.3, -0.25) is 4.79 Å². The van der Waals surface area contributed by atoms with Gasteiger partial charge in [0.15, 0.2) is 5.78 Å². The Bertz CT molecular complexity index is 583. The number of carbonyl (C=O) groups excluding carboxylic acids is 1. The summed E-state index contributed by atoms with van der Waals surface area (Å²) in [5, 5.41) is 2.13. The van der Waals surface area contributed by atoms with E-state index < -0.39 is 0 Å². The predicted octanol–water partition coefficient (Wildman–Crippen LogP) is 3.45. The van der Waals surface area contributed by atoms with Crippen molar-refractivity contribution in [3.63, 3.8) is 0 Å². The number of rotatable bonds is 2. The molecule has 2 aromatic rings. The molecule has 92 valence electrons. The molecular formula is C16H16O2. The topological polar surface area (TPSA) is 26.3 Å². The fourth-order valence-corrected chi connectivity index (χ4v) is 2.62. The Labute approximate surface area is 107 Å². The Balaban J connectivity index is 2.06. The number of hydrogen-bond donors (Lipinski definition) is 0. The normalized spacial score (nSPS) is 23.4. The summed E-state index contributed by atoms with van der Waals surface area (Å²) in [6.07, 6.45) is 0.706. The Morgan fingerprint density at radius 3 is 2.72 bits per heavy atom. The highest BCUT2D eigenvalue weighted by molar-refractivity contribution is 6.10. The molecule has 2 heteroatoms. The molecule has 1 saturated heterocycles. The minimum Gasteiger partial charge on any atom is -0.370 e. The zero-order valence-corrected chi connectivity index (χ0v) is 10.4. The molecular weight excluding hydrogens is 224 g/mol. The fourth-order valence-electron chi connectivity index (χ4n) is 2.62. The SMILES string of the molecule is CC1CCOC1C(=O)c1cccc2ccccc12. The summed E-state index contributed by atoms with van der Waals surface area (Å²) in [7, 11) is 0. The van der Waals surface area contributed by atoms with E-state index in [1.165, 1.54) is 0 Å². The molecule has 2 nitrogen and oxygen atoms in total. The molecule has 0 saturated carbocycles. The largest absolute Gasteiger partial charge is 0.370 e. The first-order chi connectivity index (χ1) is 8.77. The summed E-state index contributed by atoms with van der Waals surface area (Å²) in [5.41, 5.74) is 0.784. The van der Waals surface area contributed by atoms with Crippen LogP contribution in [0.1, 0.15) is 23.7 Å². The standard InChI is InChI=1S/C16H16O2/c1-11-9-10-18-16(11)15(17)14-8-4-6-12-5-2-3-7-13(12)14/h2-8,11,16H,9-10H2,1H3. The Kier molecular flexibility index (Phi) is 2.88. The van der Waals surface area contributed by atoms with Crippen molar-refractivity contribution in [3.05, 3.63) is 48.0 Å². The van der Waals surface area contributed by atoms with Crippen molar-refractivity contribution in [1.29, 1.82) is 0 Å². The van der Waals surface area contributed by atoms with Gasteiger partial charge in [0.05, 0.1) is 0 Å². The maximum atomic E-state index is 12.5. The van der Waals surface area contributed by atoms with Crippen molar-refractivity contribution in [1.82, 2.24) is 0 Å². The molecule has 0 bridgehead atoms. The summed E-state index contributed by atoms with van der Waals surface area (Å²) in [5.74, 6) is 0.438. The van der Waals surface area contributed by atoms with Crippen LogP contribution in [0.3, 0.4) is 0 Å². The number of fused-ring (bicyclic) bond motifs is 1. The lowest BCUT2D eigenvalue weighted by Gasteiger charge is -2.14. The Hall–Kier alpha value is -1.67. The second kappa shape index (κ2) is 4.54. The van der Waals surface area contributed by atoms with E-state index in [0.717, 1.165) is 22.8 Å². The van der Waals surface area contributed by atoms with Gasteiger partial charge in [0.2, 0.25) is 0 Å². The molecule has 1 fully saturated rings. The summed E-state index contributed by atoms with van der Waals surface area (Å²) < 4.78 is 5.58. The number of carbonyl (C=O) groups is 1. The third-order valence-corrected chi connectivity index (χ3v) is 3.70. The molecule has 3 rings (SSSR count). The van der Waals surface area contributed by atoms with Crippen LogP contribution in [0.15, 0.2) is 42.5 Å². The molecule has 2 aromatic carbocycles. The number of hydrogen-bond acceptors (Lipinski definition) is 2. The molecule has 2 unspecified atom stereocenters. The maximum absolute atomic E-state index is 12.5. The van der Waals surface area contributed by atoms with Crippen LogP contribution in [0.25, 0.3) is 10.8 Å². The third kappa shape index (κ3) is 1.83. The smallest absolute Gasteiger partial charge is 0.192 e. The summed E-state index contributed by atoms with van der Waals surface area (Å²) >= 11 is 0. The molecule has 0 N–H and O–H groups in total. The van der Waals surface area contributed by atoms with Crippen molar-refractivity contribution in [2.45, 2.75) is 19.4 Å². The molecule has 1 heterocycles. The highest BCUT2D eigenvalue weighted by atomic mass is 16.5. The molecule has 0 aliphatic carbocycles. The number of ketones is 1.